The summed E-state index contributed by atoms with van der Waals surface area (Å²) in [6.07, 6.45) is 0. The van der Waals surface area contributed by atoms with E-state index in [-0.39, 0.29) is 0 Å². The van der Waals surface area contributed by atoms with Crippen molar-refractivity contribution in [1.29, 1.82) is 0 Å². The second-order valence-electron chi connectivity index (χ2n) is 23.4. The Morgan fingerprint density at radius 2 is 0.535 bits per heavy atom. The van der Waals surface area contributed by atoms with Crippen LogP contribution in [0.25, 0.3) is 186 Å². The van der Waals surface area contributed by atoms with E-state index in [1.807, 2.05) is 0 Å². The summed E-state index contributed by atoms with van der Waals surface area (Å²) in [5, 5.41) is 20.0. The summed E-state index contributed by atoms with van der Waals surface area (Å²) in [7, 11) is 0. The summed E-state index contributed by atoms with van der Waals surface area (Å²) in [6.45, 7) is 0. The third-order valence-electron chi connectivity index (χ3n) is 19.0. The molecular weight excluding hydrogens is 1040 g/mol. The Morgan fingerprint density at radius 3 is 0.988 bits per heavy atom. The average Bonchev–Trinajstić information content (AvgIpc) is 2.16. The van der Waals surface area contributed by atoms with Crippen LogP contribution in [-0.2, 0) is 0 Å². The number of nitrogens with zero attached hydrogens (tertiary/aromatic N) is 2. The van der Waals surface area contributed by atoms with Gasteiger partial charge < -0.3 is 9.13 Å². The second-order valence-corrected chi connectivity index (χ2v) is 23.4. The van der Waals surface area contributed by atoms with E-state index in [0.29, 0.717) is 0 Å². The van der Waals surface area contributed by atoms with E-state index in [2.05, 4.69) is 312 Å². The van der Waals surface area contributed by atoms with E-state index >= 15 is 0 Å². The third-order valence-corrected chi connectivity index (χ3v) is 19.0. The smallest absolute Gasteiger partial charge is 0.0547 e. The fraction of sp³-hybridized carbons (Fsp3) is 0. The molecule has 0 saturated heterocycles. The van der Waals surface area contributed by atoms with Crippen LogP contribution >= 0.6 is 0 Å². The molecule has 19 rings (SSSR count). The normalized spacial score (nSPS) is 12.2. The first-order chi connectivity index (χ1) is 42.7. The zero-order chi connectivity index (χ0) is 56.1. The molecule has 0 atom stereocenters. The largest absolute Gasteiger partial charge is 0.309 e. The molecule has 396 valence electrons. The highest BCUT2D eigenvalue weighted by Crippen LogP contribution is 2.58. The van der Waals surface area contributed by atoms with E-state index in [1.165, 1.54) is 175 Å². The Labute approximate surface area is 495 Å². The van der Waals surface area contributed by atoms with Crippen molar-refractivity contribution < 1.29 is 0 Å². The summed E-state index contributed by atoms with van der Waals surface area (Å²) in [6, 6.07) is 114. The second kappa shape index (κ2) is 18.1. The zero-order valence-electron chi connectivity index (χ0n) is 46.8. The fourth-order valence-electron chi connectivity index (χ4n) is 15.4. The maximum Gasteiger partial charge on any atom is 0.0547 e. The minimum absolute atomic E-state index is 1.12. The Kier molecular flexibility index (Phi) is 9.93. The van der Waals surface area contributed by atoms with Gasteiger partial charge in [0.1, 0.15) is 0 Å². The Balaban J connectivity index is 0.856. The number of aromatic nitrogens is 2. The first-order valence-electron chi connectivity index (χ1n) is 29.9. The van der Waals surface area contributed by atoms with Crippen molar-refractivity contribution in [3.05, 3.63) is 303 Å². The van der Waals surface area contributed by atoms with Crippen LogP contribution in [0.2, 0.25) is 0 Å². The minimum atomic E-state index is 1.12. The van der Waals surface area contributed by atoms with E-state index in [1.54, 1.807) is 0 Å². The van der Waals surface area contributed by atoms with E-state index in [4.69, 9.17) is 0 Å². The van der Waals surface area contributed by atoms with Crippen LogP contribution in [0.1, 0.15) is 0 Å². The SMILES string of the molecule is c1cc(-c2c3c(c(-c4cccc(-n5c6cc(-c7cccc8ccccc78)ccc6c6c7ccccc7ccc65)c4)c4ccccc24)-c2cccc4cccc-3c24)cc(-n2c3cc(-c4cccc5ccccc45)ccc3c3c4ccccc4ccc32)c1. The van der Waals surface area contributed by atoms with Gasteiger partial charge in [-0.1, -0.05) is 255 Å². The number of hydrogen-bond acceptors (Lipinski definition) is 0. The van der Waals surface area contributed by atoms with Gasteiger partial charge in [-0.25, -0.2) is 0 Å². The fourth-order valence-corrected chi connectivity index (χ4v) is 15.4. The lowest BCUT2D eigenvalue weighted by molar-refractivity contribution is 1.18. The number of rotatable bonds is 6. The highest BCUT2D eigenvalue weighted by molar-refractivity contribution is 6.29. The molecule has 0 unspecified atom stereocenters. The highest BCUT2D eigenvalue weighted by atomic mass is 15.0. The lowest BCUT2D eigenvalue weighted by Crippen LogP contribution is -1.98. The van der Waals surface area contributed by atoms with Crippen LogP contribution in [0.15, 0.2) is 303 Å². The van der Waals surface area contributed by atoms with Gasteiger partial charge in [-0.15, -0.1) is 0 Å². The molecule has 0 bridgehead atoms. The van der Waals surface area contributed by atoms with Crippen LogP contribution in [0, 0.1) is 0 Å². The van der Waals surface area contributed by atoms with Crippen molar-refractivity contribution in [2.75, 3.05) is 0 Å². The molecule has 0 spiro atoms. The molecule has 2 heteroatoms. The topological polar surface area (TPSA) is 9.86 Å². The van der Waals surface area contributed by atoms with Gasteiger partial charge >= 0.3 is 0 Å². The van der Waals surface area contributed by atoms with Gasteiger partial charge in [0.25, 0.3) is 0 Å². The van der Waals surface area contributed by atoms with Crippen LogP contribution in [0.4, 0.5) is 0 Å². The third kappa shape index (κ3) is 6.72. The van der Waals surface area contributed by atoms with Crippen LogP contribution in [-0.4, -0.2) is 9.13 Å². The molecule has 86 heavy (non-hydrogen) atoms. The average molecular weight is 1090 g/mol. The molecule has 0 aliphatic heterocycles. The number of hydrogen-bond donors (Lipinski definition) is 0. The Hall–Kier alpha value is -11.3. The molecule has 18 aromatic rings. The molecule has 1 aliphatic rings. The molecule has 0 fully saturated rings. The predicted octanol–water partition coefficient (Wildman–Crippen LogP) is 23.1. The summed E-state index contributed by atoms with van der Waals surface area (Å²) < 4.78 is 5.05. The van der Waals surface area contributed by atoms with Crippen LogP contribution in [0.5, 0.6) is 0 Å². The molecule has 0 N–H and O–H groups in total. The molecule has 16 aromatic carbocycles. The Bertz CT molecular complexity index is 5600. The summed E-state index contributed by atoms with van der Waals surface area (Å²) in [4.78, 5) is 0. The number of fused-ring (bicyclic) bond motifs is 16. The van der Waals surface area contributed by atoms with Crippen molar-refractivity contribution in [3.8, 4) is 78.1 Å². The molecule has 0 saturated carbocycles. The molecular formula is C84H50N2. The molecule has 0 amide bonds. The Morgan fingerprint density at radius 1 is 0.174 bits per heavy atom. The lowest BCUT2D eigenvalue weighted by atomic mass is 9.82. The molecule has 0 radical (unpaired) electrons. The highest BCUT2D eigenvalue weighted by Gasteiger charge is 2.31. The monoisotopic (exact) mass is 1090 g/mol. The molecule has 2 nitrogen and oxygen atoms in total. The van der Waals surface area contributed by atoms with Crippen LogP contribution in [0.3, 0.4) is 0 Å². The van der Waals surface area contributed by atoms with E-state index in [9.17, 15) is 0 Å². The van der Waals surface area contributed by atoms with Gasteiger partial charge in [0, 0.05) is 32.9 Å². The predicted molar refractivity (Wildman–Crippen MR) is 366 cm³/mol. The van der Waals surface area contributed by atoms with Gasteiger partial charge in [-0.2, -0.15) is 0 Å². The first kappa shape index (κ1) is 47.2. The van der Waals surface area contributed by atoms with Crippen molar-refractivity contribution in [2.24, 2.45) is 0 Å². The van der Waals surface area contributed by atoms with Crippen molar-refractivity contribution >= 4 is 108 Å². The molecule has 2 aromatic heterocycles. The molecule has 1 aliphatic carbocycles. The minimum Gasteiger partial charge on any atom is -0.309 e. The number of benzene rings is 16. The first-order valence-corrected chi connectivity index (χ1v) is 29.9. The maximum absolute atomic E-state index is 2.52. The van der Waals surface area contributed by atoms with Crippen LogP contribution < -0.4 is 0 Å². The lowest BCUT2D eigenvalue weighted by Gasteiger charge is -2.21. The van der Waals surface area contributed by atoms with Crippen molar-refractivity contribution in [2.45, 2.75) is 0 Å². The summed E-state index contributed by atoms with van der Waals surface area (Å²) in [5.74, 6) is 0. The standard InChI is InChI=1S/C84H50N2/c1-5-29-62-51(17-1)21-13-35-64(62)56-39-43-70-76(49-56)85(74-45-41-53-19-3-7-31-66(53)81(70)74)60-27-11-25-58(47-60)79-68-33-9-10-34-69(68)80(84-73-38-16-24-55-23-15-37-72(78(55)73)83(79)84)59-26-12-28-61(48-59)86-75-46-42-54-20-4-8-32-67(54)82(75)71-44-40-57(50-77(71)86)65-36-14-22-52-18-2-6-30-63(52)65/h1-50H. The quantitative estimate of drug-likeness (QED) is 0.157. The van der Waals surface area contributed by atoms with Gasteiger partial charge in [-0.3, -0.25) is 0 Å². The van der Waals surface area contributed by atoms with E-state index < -0.39 is 0 Å². The zero-order valence-corrected chi connectivity index (χ0v) is 46.8. The maximum atomic E-state index is 2.52. The van der Waals surface area contributed by atoms with E-state index in [0.717, 1.165) is 11.4 Å². The molecule has 2 heterocycles. The van der Waals surface area contributed by atoms with Crippen molar-refractivity contribution in [3.63, 3.8) is 0 Å². The van der Waals surface area contributed by atoms with Crippen molar-refractivity contribution in [1.82, 2.24) is 9.13 Å². The van der Waals surface area contributed by atoms with Gasteiger partial charge in [0.15, 0.2) is 0 Å². The summed E-state index contributed by atoms with van der Waals surface area (Å²) >= 11 is 0. The summed E-state index contributed by atoms with van der Waals surface area (Å²) in [5.41, 5.74) is 21.8. The van der Waals surface area contributed by atoms with Gasteiger partial charge in [0.2, 0.25) is 0 Å². The van der Waals surface area contributed by atoms with Gasteiger partial charge in [-0.05, 0) is 180 Å². The van der Waals surface area contributed by atoms with Gasteiger partial charge in [0.05, 0.1) is 22.1 Å².